The number of nitrogens with zero attached hydrogens (tertiary/aromatic N) is 1. The normalized spacial score (nSPS) is 32.0. The second kappa shape index (κ2) is 6.33. The topological polar surface area (TPSA) is 55.6 Å². The van der Waals surface area contributed by atoms with Gasteiger partial charge in [-0.1, -0.05) is 12.8 Å². The van der Waals surface area contributed by atoms with E-state index in [2.05, 4.69) is 0 Å². The summed E-state index contributed by atoms with van der Waals surface area (Å²) in [7, 11) is 0. The lowest BCUT2D eigenvalue weighted by atomic mass is 9.74. The van der Waals surface area contributed by atoms with Crippen molar-refractivity contribution in [2.45, 2.75) is 70.9 Å². The van der Waals surface area contributed by atoms with Gasteiger partial charge in [-0.3, -0.25) is 0 Å². The maximum absolute atomic E-state index is 12.2. The molecule has 1 aliphatic carbocycles. The molecule has 20 heavy (non-hydrogen) atoms. The Balaban J connectivity index is 1.92. The molecule has 0 spiro atoms. The van der Waals surface area contributed by atoms with Gasteiger partial charge in [-0.05, 0) is 58.3 Å². The summed E-state index contributed by atoms with van der Waals surface area (Å²) in [5.74, 6) is 1.15. The Kier molecular flexibility index (Phi) is 4.95. The molecule has 1 heterocycles. The monoisotopic (exact) mass is 282 g/mol. The number of carbonyl (C=O) groups is 1. The molecule has 0 unspecified atom stereocenters. The van der Waals surface area contributed by atoms with Crippen LogP contribution >= 0.6 is 0 Å². The average molecular weight is 282 g/mol. The predicted molar refractivity (Wildman–Crippen MR) is 80.5 cm³/mol. The Bertz CT molecular complexity index is 338. The van der Waals surface area contributed by atoms with Crippen molar-refractivity contribution in [1.29, 1.82) is 0 Å². The molecule has 0 bridgehead atoms. The van der Waals surface area contributed by atoms with Gasteiger partial charge >= 0.3 is 6.09 Å². The van der Waals surface area contributed by atoms with E-state index < -0.39 is 5.60 Å². The van der Waals surface area contributed by atoms with Crippen LogP contribution in [0.15, 0.2) is 0 Å². The molecule has 4 heteroatoms. The van der Waals surface area contributed by atoms with Crippen LogP contribution in [-0.2, 0) is 4.74 Å². The van der Waals surface area contributed by atoms with Gasteiger partial charge in [0.2, 0.25) is 0 Å². The summed E-state index contributed by atoms with van der Waals surface area (Å²) in [5, 5.41) is 0. The lowest BCUT2D eigenvalue weighted by molar-refractivity contribution is 0.0103. The van der Waals surface area contributed by atoms with Gasteiger partial charge in [-0.25, -0.2) is 4.79 Å². The first-order valence-corrected chi connectivity index (χ1v) is 8.10. The zero-order chi connectivity index (χ0) is 14.8. The number of carbonyl (C=O) groups excluding carboxylic acids is 1. The molecule has 1 amide bonds. The maximum Gasteiger partial charge on any atom is 0.410 e. The summed E-state index contributed by atoms with van der Waals surface area (Å²) < 4.78 is 5.50. The van der Waals surface area contributed by atoms with Crippen LogP contribution in [0.4, 0.5) is 4.79 Å². The van der Waals surface area contributed by atoms with Crippen LogP contribution in [0.5, 0.6) is 0 Å². The number of ether oxygens (including phenoxy) is 1. The maximum atomic E-state index is 12.2. The number of nitrogens with two attached hydrogens (primary N) is 1. The quantitative estimate of drug-likeness (QED) is 0.803. The van der Waals surface area contributed by atoms with E-state index >= 15 is 0 Å². The second-order valence-electron chi connectivity index (χ2n) is 7.44. The van der Waals surface area contributed by atoms with Gasteiger partial charge in [0.1, 0.15) is 5.60 Å². The highest BCUT2D eigenvalue weighted by Gasteiger charge is 2.35. The third kappa shape index (κ3) is 4.11. The fourth-order valence-corrected chi connectivity index (χ4v) is 3.63. The molecule has 2 rings (SSSR count). The Morgan fingerprint density at radius 2 is 1.85 bits per heavy atom. The highest BCUT2D eigenvalue weighted by atomic mass is 16.6. The lowest BCUT2D eigenvalue weighted by Crippen LogP contribution is -2.48. The summed E-state index contributed by atoms with van der Waals surface area (Å²) in [6, 6.07) is 0.326. The van der Waals surface area contributed by atoms with E-state index in [4.69, 9.17) is 10.5 Å². The van der Waals surface area contributed by atoms with Crippen LogP contribution in [-0.4, -0.2) is 35.7 Å². The number of piperidine rings is 1. The molecule has 4 nitrogen and oxygen atoms in total. The van der Waals surface area contributed by atoms with Gasteiger partial charge < -0.3 is 15.4 Å². The molecule has 0 aromatic carbocycles. The van der Waals surface area contributed by atoms with Gasteiger partial charge in [-0.2, -0.15) is 0 Å². The van der Waals surface area contributed by atoms with E-state index in [0.717, 1.165) is 25.9 Å². The number of amides is 1. The number of likely N-dealkylation sites (tertiary alicyclic amines) is 1. The summed E-state index contributed by atoms with van der Waals surface area (Å²) in [6.07, 6.45) is 7.06. The molecule has 2 aliphatic rings. The summed E-state index contributed by atoms with van der Waals surface area (Å²) in [6.45, 7) is 7.41. The predicted octanol–water partition coefficient (Wildman–Crippen LogP) is 3.15. The molecule has 2 N–H and O–H groups in total. The van der Waals surface area contributed by atoms with Gasteiger partial charge in [0.15, 0.2) is 0 Å². The SMILES string of the molecule is CC(C)(C)OC(=O)N1CCC[C@H]([C@@H]2CCCC[C@@H]2N)C1. The fraction of sp³-hybridized carbons (Fsp3) is 0.938. The molecule has 2 fully saturated rings. The Morgan fingerprint density at radius 3 is 2.50 bits per heavy atom. The molecular weight excluding hydrogens is 252 g/mol. The third-order valence-corrected chi connectivity index (χ3v) is 4.59. The zero-order valence-corrected chi connectivity index (χ0v) is 13.2. The molecule has 116 valence electrons. The van der Waals surface area contributed by atoms with Crippen molar-refractivity contribution in [2.24, 2.45) is 17.6 Å². The van der Waals surface area contributed by atoms with Crippen LogP contribution < -0.4 is 5.73 Å². The van der Waals surface area contributed by atoms with E-state index in [1.807, 2.05) is 25.7 Å². The van der Waals surface area contributed by atoms with E-state index in [9.17, 15) is 4.79 Å². The molecule has 1 saturated heterocycles. The molecule has 1 saturated carbocycles. The van der Waals surface area contributed by atoms with E-state index in [-0.39, 0.29) is 6.09 Å². The standard InChI is InChI=1S/C16H30N2O2/c1-16(2,3)20-15(19)18-10-6-7-12(11-18)13-8-4-5-9-14(13)17/h12-14H,4-11,17H2,1-3H3/t12-,13-,14-/m0/s1. The summed E-state index contributed by atoms with van der Waals surface area (Å²) in [5.41, 5.74) is 5.89. The Labute approximate surface area is 123 Å². The minimum Gasteiger partial charge on any atom is -0.444 e. The minimum atomic E-state index is -0.411. The first kappa shape index (κ1) is 15.6. The number of hydrogen-bond acceptors (Lipinski definition) is 3. The van der Waals surface area contributed by atoms with Crippen LogP contribution in [0.2, 0.25) is 0 Å². The smallest absolute Gasteiger partial charge is 0.410 e. The molecule has 3 atom stereocenters. The van der Waals surface area contributed by atoms with Crippen LogP contribution in [0, 0.1) is 11.8 Å². The second-order valence-corrected chi connectivity index (χ2v) is 7.44. The van der Waals surface area contributed by atoms with E-state index in [1.165, 1.54) is 25.7 Å². The highest BCUT2D eigenvalue weighted by Crippen LogP contribution is 2.34. The van der Waals surface area contributed by atoms with Gasteiger partial charge in [0.05, 0.1) is 0 Å². The van der Waals surface area contributed by atoms with Crippen molar-refractivity contribution in [2.75, 3.05) is 13.1 Å². The van der Waals surface area contributed by atoms with Crippen LogP contribution in [0.25, 0.3) is 0 Å². The highest BCUT2D eigenvalue weighted by molar-refractivity contribution is 5.68. The average Bonchev–Trinajstić information content (AvgIpc) is 2.37. The largest absolute Gasteiger partial charge is 0.444 e. The summed E-state index contributed by atoms with van der Waals surface area (Å²) in [4.78, 5) is 14.1. The first-order chi connectivity index (χ1) is 9.37. The third-order valence-electron chi connectivity index (χ3n) is 4.59. The summed E-state index contributed by atoms with van der Waals surface area (Å²) >= 11 is 0. The molecular formula is C16H30N2O2. The number of hydrogen-bond donors (Lipinski definition) is 1. The van der Waals surface area contributed by atoms with Crippen molar-refractivity contribution in [1.82, 2.24) is 4.90 Å². The van der Waals surface area contributed by atoms with Crippen LogP contribution in [0.1, 0.15) is 59.3 Å². The fourth-order valence-electron chi connectivity index (χ4n) is 3.63. The van der Waals surface area contributed by atoms with Crippen LogP contribution in [0.3, 0.4) is 0 Å². The molecule has 0 aromatic rings. The van der Waals surface area contributed by atoms with E-state index in [1.54, 1.807) is 0 Å². The first-order valence-electron chi connectivity index (χ1n) is 8.10. The Morgan fingerprint density at radius 1 is 1.15 bits per heavy atom. The van der Waals surface area contributed by atoms with Crippen molar-refractivity contribution in [3.63, 3.8) is 0 Å². The minimum absolute atomic E-state index is 0.161. The van der Waals surface area contributed by atoms with E-state index in [0.29, 0.717) is 17.9 Å². The van der Waals surface area contributed by atoms with Gasteiger partial charge in [-0.15, -0.1) is 0 Å². The molecule has 1 aliphatic heterocycles. The van der Waals surface area contributed by atoms with Crippen molar-refractivity contribution in [3.05, 3.63) is 0 Å². The van der Waals surface area contributed by atoms with Gasteiger partial charge in [0, 0.05) is 19.1 Å². The number of rotatable bonds is 1. The zero-order valence-electron chi connectivity index (χ0n) is 13.2. The molecule has 0 radical (unpaired) electrons. The van der Waals surface area contributed by atoms with Gasteiger partial charge in [0.25, 0.3) is 0 Å². The Hall–Kier alpha value is -0.770. The van der Waals surface area contributed by atoms with Crippen molar-refractivity contribution < 1.29 is 9.53 Å². The molecule has 0 aromatic heterocycles. The van der Waals surface area contributed by atoms with Crippen molar-refractivity contribution in [3.8, 4) is 0 Å². The van der Waals surface area contributed by atoms with Crippen molar-refractivity contribution >= 4 is 6.09 Å². The lowest BCUT2D eigenvalue weighted by Gasteiger charge is -2.41.